The van der Waals surface area contributed by atoms with Gasteiger partial charge >= 0.3 is 0 Å². The number of amides is 2. The van der Waals surface area contributed by atoms with Gasteiger partial charge in [-0.25, -0.2) is 4.39 Å². The molecule has 1 saturated heterocycles. The first kappa shape index (κ1) is 18.2. The average molecular weight is 336 g/mol. The van der Waals surface area contributed by atoms with Crippen molar-refractivity contribution in [3.63, 3.8) is 0 Å². The van der Waals surface area contributed by atoms with E-state index in [0.717, 1.165) is 0 Å². The molecule has 1 aliphatic heterocycles. The zero-order valence-electron chi connectivity index (χ0n) is 14.8. The minimum absolute atomic E-state index is 0.0509. The van der Waals surface area contributed by atoms with Crippen molar-refractivity contribution >= 4 is 11.8 Å². The van der Waals surface area contributed by atoms with E-state index in [9.17, 15) is 14.0 Å². The molecule has 1 aromatic carbocycles. The molecule has 0 unspecified atom stereocenters. The standard InChI is InChI=1S/C18H25FN2O3/c1-18(2,3)12-16(22)20-7-9-21(10-8-20)17(23)13-5-6-15(24-4)14(19)11-13/h5-6,11H,7-10,12H2,1-4H3. The van der Waals surface area contributed by atoms with Gasteiger partial charge in [-0.3, -0.25) is 9.59 Å². The van der Waals surface area contributed by atoms with Crippen LogP contribution in [0.15, 0.2) is 18.2 Å². The van der Waals surface area contributed by atoms with Crippen LogP contribution in [-0.4, -0.2) is 54.9 Å². The quantitative estimate of drug-likeness (QED) is 0.852. The first-order chi connectivity index (χ1) is 11.2. The number of carbonyl (C=O) groups is 2. The van der Waals surface area contributed by atoms with Crippen LogP contribution in [-0.2, 0) is 4.79 Å². The Morgan fingerprint density at radius 1 is 1.12 bits per heavy atom. The molecule has 5 nitrogen and oxygen atoms in total. The zero-order chi connectivity index (χ0) is 17.9. The smallest absolute Gasteiger partial charge is 0.254 e. The highest BCUT2D eigenvalue weighted by atomic mass is 19.1. The zero-order valence-corrected chi connectivity index (χ0v) is 14.8. The molecule has 132 valence electrons. The number of halogens is 1. The van der Waals surface area contributed by atoms with Gasteiger partial charge in [-0.15, -0.1) is 0 Å². The molecule has 24 heavy (non-hydrogen) atoms. The maximum atomic E-state index is 13.8. The second-order valence-electron chi connectivity index (χ2n) is 7.26. The number of carbonyl (C=O) groups excluding carboxylic acids is 2. The summed E-state index contributed by atoms with van der Waals surface area (Å²) < 4.78 is 18.6. The van der Waals surface area contributed by atoms with Gasteiger partial charge in [0, 0.05) is 38.2 Å². The Morgan fingerprint density at radius 2 is 1.71 bits per heavy atom. The van der Waals surface area contributed by atoms with E-state index in [0.29, 0.717) is 38.2 Å². The normalized spacial score (nSPS) is 15.4. The molecule has 2 amide bonds. The number of hydrogen-bond donors (Lipinski definition) is 0. The van der Waals surface area contributed by atoms with Crippen LogP contribution >= 0.6 is 0 Å². The lowest BCUT2D eigenvalue weighted by atomic mass is 9.91. The van der Waals surface area contributed by atoms with Gasteiger partial charge in [0.2, 0.25) is 5.91 Å². The molecule has 6 heteroatoms. The molecule has 0 spiro atoms. The van der Waals surface area contributed by atoms with E-state index in [2.05, 4.69) is 0 Å². The van der Waals surface area contributed by atoms with Crippen LogP contribution in [0.3, 0.4) is 0 Å². The van der Waals surface area contributed by atoms with Crippen molar-refractivity contribution in [2.45, 2.75) is 27.2 Å². The maximum Gasteiger partial charge on any atom is 0.254 e. The highest BCUT2D eigenvalue weighted by Crippen LogP contribution is 2.21. The SMILES string of the molecule is COc1ccc(C(=O)N2CCN(C(=O)CC(C)(C)C)CC2)cc1F. The molecule has 1 heterocycles. The Morgan fingerprint density at radius 3 is 2.21 bits per heavy atom. The molecule has 1 aliphatic rings. The minimum atomic E-state index is -0.553. The lowest BCUT2D eigenvalue weighted by Crippen LogP contribution is -2.51. The van der Waals surface area contributed by atoms with Gasteiger partial charge in [-0.05, 0) is 23.6 Å². The van der Waals surface area contributed by atoms with Crippen molar-refractivity contribution < 1.29 is 18.7 Å². The Labute approximate surface area is 142 Å². The van der Waals surface area contributed by atoms with Gasteiger partial charge < -0.3 is 14.5 Å². The molecule has 0 aromatic heterocycles. The third-order valence-electron chi connectivity index (χ3n) is 4.00. The van der Waals surface area contributed by atoms with Gasteiger partial charge in [0.1, 0.15) is 0 Å². The van der Waals surface area contributed by atoms with Crippen LogP contribution < -0.4 is 4.74 Å². The number of nitrogens with zero attached hydrogens (tertiary/aromatic N) is 2. The Bertz CT molecular complexity index is 617. The van der Waals surface area contributed by atoms with E-state index in [1.54, 1.807) is 15.9 Å². The molecular formula is C18H25FN2O3. The fraction of sp³-hybridized carbons (Fsp3) is 0.556. The van der Waals surface area contributed by atoms with E-state index in [1.165, 1.54) is 19.2 Å². The highest BCUT2D eigenvalue weighted by Gasteiger charge is 2.27. The lowest BCUT2D eigenvalue weighted by Gasteiger charge is -2.36. The van der Waals surface area contributed by atoms with E-state index in [-0.39, 0.29) is 23.0 Å². The van der Waals surface area contributed by atoms with Crippen LogP contribution in [0.2, 0.25) is 0 Å². The second-order valence-corrected chi connectivity index (χ2v) is 7.26. The Hall–Kier alpha value is -2.11. The highest BCUT2D eigenvalue weighted by molar-refractivity contribution is 5.94. The molecule has 2 rings (SSSR count). The van der Waals surface area contributed by atoms with Gasteiger partial charge in [-0.2, -0.15) is 0 Å². The summed E-state index contributed by atoms with van der Waals surface area (Å²) in [6, 6.07) is 4.20. The van der Waals surface area contributed by atoms with E-state index >= 15 is 0 Å². The minimum Gasteiger partial charge on any atom is -0.494 e. The van der Waals surface area contributed by atoms with E-state index in [4.69, 9.17) is 4.74 Å². The number of methoxy groups -OCH3 is 1. The first-order valence-electron chi connectivity index (χ1n) is 8.12. The van der Waals surface area contributed by atoms with Gasteiger partial charge in [0.15, 0.2) is 11.6 Å². The number of hydrogen-bond acceptors (Lipinski definition) is 3. The molecule has 0 N–H and O–H groups in total. The largest absolute Gasteiger partial charge is 0.494 e. The second kappa shape index (κ2) is 7.20. The van der Waals surface area contributed by atoms with Crippen molar-refractivity contribution in [1.82, 2.24) is 9.80 Å². The monoisotopic (exact) mass is 336 g/mol. The van der Waals surface area contributed by atoms with Crippen LogP contribution in [0.1, 0.15) is 37.6 Å². The molecule has 0 bridgehead atoms. The Balaban J connectivity index is 1.95. The van der Waals surface area contributed by atoms with Crippen molar-refractivity contribution in [3.8, 4) is 5.75 Å². The lowest BCUT2D eigenvalue weighted by molar-refractivity contribution is -0.134. The van der Waals surface area contributed by atoms with Gasteiger partial charge in [-0.1, -0.05) is 20.8 Å². The molecule has 0 saturated carbocycles. The summed E-state index contributed by atoms with van der Waals surface area (Å²) in [7, 11) is 1.38. The van der Waals surface area contributed by atoms with E-state index in [1.807, 2.05) is 20.8 Å². The summed E-state index contributed by atoms with van der Waals surface area (Å²) in [5.74, 6) is -0.545. The summed E-state index contributed by atoms with van der Waals surface area (Å²) in [4.78, 5) is 28.2. The first-order valence-corrected chi connectivity index (χ1v) is 8.12. The van der Waals surface area contributed by atoms with Crippen molar-refractivity contribution in [1.29, 1.82) is 0 Å². The number of rotatable bonds is 3. The number of ether oxygens (including phenoxy) is 1. The fourth-order valence-corrected chi connectivity index (χ4v) is 2.71. The average Bonchev–Trinajstić information content (AvgIpc) is 2.52. The Kier molecular flexibility index (Phi) is 5.47. The summed E-state index contributed by atoms with van der Waals surface area (Å²) in [5.41, 5.74) is 0.243. The van der Waals surface area contributed by atoms with Crippen LogP contribution in [0, 0.1) is 11.2 Å². The van der Waals surface area contributed by atoms with Gasteiger partial charge in [0.25, 0.3) is 5.91 Å². The maximum absolute atomic E-state index is 13.8. The predicted octanol–water partition coefficient (Wildman–Crippen LogP) is 2.55. The summed E-state index contributed by atoms with van der Waals surface area (Å²) >= 11 is 0. The summed E-state index contributed by atoms with van der Waals surface area (Å²) in [6.07, 6.45) is 0.491. The molecule has 0 atom stereocenters. The topological polar surface area (TPSA) is 49.9 Å². The number of benzene rings is 1. The van der Waals surface area contributed by atoms with Crippen LogP contribution in [0.25, 0.3) is 0 Å². The third-order valence-corrected chi connectivity index (χ3v) is 4.00. The van der Waals surface area contributed by atoms with Crippen LogP contribution in [0.4, 0.5) is 4.39 Å². The van der Waals surface area contributed by atoms with Gasteiger partial charge in [0.05, 0.1) is 7.11 Å². The van der Waals surface area contributed by atoms with E-state index < -0.39 is 5.82 Å². The van der Waals surface area contributed by atoms with Crippen molar-refractivity contribution in [2.24, 2.45) is 5.41 Å². The summed E-state index contributed by atoms with van der Waals surface area (Å²) in [6.45, 7) is 8.04. The third kappa shape index (κ3) is 4.46. The molecule has 1 fully saturated rings. The fourth-order valence-electron chi connectivity index (χ4n) is 2.71. The number of piperazine rings is 1. The van der Waals surface area contributed by atoms with Crippen molar-refractivity contribution in [2.75, 3.05) is 33.3 Å². The predicted molar refractivity (Wildman–Crippen MR) is 89.5 cm³/mol. The molecular weight excluding hydrogens is 311 g/mol. The molecule has 1 aromatic rings. The van der Waals surface area contributed by atoms with Crippen molar-refractivity contribution in [3.05, 3.63) is 29.6 Å². The molecule has 0 radical (unpaired) electrons. The summed E-state index contributed by atoms with van der Waals surface area (Å²) in [5, 5.41) is 0. The molecule has 0 aliphatic carbocycles. The van der Waals surface area contributed by atoms with Crippen LogP contribution in [0.5, 0.6) is 5.75 Å².